The second-order valence-electron chi connectivity index (χ2n) is 5.64. The zero-order valence-corrected chi connectivity index (χ0v) is 13.6. The van der Waals surface area contributed by atoms with Crippen LogP contribution in [-0.2, 0) is 0 Å². The van der Waals surface area contributed by atoms with Gasteiger partial charge < -0.3 is 20.1 Å². The van der Waals surface area contributed by atoms with E-state index in [4.69, 9.17) is 16.3 Å². The molecule has 0 radical (unpaired) electrons. The van der Waals surface area contributed by atoms with Crippen molar-refractivity contribution in [1.29, 1.82) is 0 Å². The highest BCUT2D eigenvalue weighted by atomic mass is 16.5. The smallest absolute Gasteiger partial charge is 0.407 e. The van der Waals surface area contributed by atoms with Crippen LogP contribution in [0.5, 0.6) is 5.88 Å². The standard InChI is InChI=1S/C18H18N4O3/c1-2-13-5-3-4-6-15(13)21-16-11-17(20-12-19-16)25-14-7-9-22(10-8-14)18(23)24/h1,3-6,11-12,14H,7-10H2,(H,23,24)(H,19,20,21). The van der Waals surface area contributed by atoms with E-state index < -0.39 is 6.09 Å². The van der Waals surface area contributed by atoms with Gasteiger partial charge in [0.15, 0.2) is 0 Å². The second kappa shape index (κ2) is 7.53. The van der Waals surface area contributed by atoms with E-state index >= 15 is 0 Å². The Balaban J connectivity index is 1.64. The van der Waals surface area contributed by atoms with Crippen molar-refractivity contribution in [3.63, 3.8) is 0 Å². The normalized spacial score (nSPS) is 14.6. The molecule has 1 aliphatic rings. The van der Waals surface area contributed by atoms with Gasteiger partial charge in [-0.05, 0) is 12.1 Å². The molecule has 25 heavy (non-hydrogen) atoms. The van der Waals surface area contributed by atoms with Crippen LogP contribution in [0.1, 0.15) is 18.4 Å². The molecule has 0 saturated carbocycles. The molecule has 1 amide bonds. The number of ether oxygens (including phenoxy) is 1. The molecule has 0 unspecified atom stereocenters. The number of terminal acetylenes is 1. The van der Waals surface area contributed by atoms with Crippen LogP contribution in [0.2, 0.25) is 0 Å². The van der Waals surface area contributed by atoms with Gasteiger partial charge in [-0.3, -0.25) is 0 Å². The van der Waals surface area contributed by atoms with Gasteiger partial charge in [-0.1, -0.05) is 18.1 Å². The van der Waals surface area contributed by atoms with Crippen molar-refractivity contribution in [2.75, 3.05) is 18.4 Å². The summed E-state index contributed by atoms with van der Waals surface area (Å²) in [5.74, 6) is 3.65. The van der Waals surface area contributed by atoms with E-state index in [9.17, 15) is 4.79 Å². The summed E-state index contributed by atoms with van der Waals surface area (Å²) in [6, 6.07) is 9.18. The van der Waals surface area contributed by atoms with Gasteiger partial charge in [0.05, 0.1) is 5.69 Å². The Kier molecular flexibility index (Phi) is 5.00. The van der Waals surface area contributed by atoms with E-state index in [1.807, 2.05) is 24.3 Å². The quantitative estimate of drug-likeness (QED) is 0.834. The lowest BCUT2D eigenvalue weighted by Gasteiger charge is -2.29. The van der Waals surface area contributed by atoms with E-state index in [0.717, 1.165) is 11.3 Å². The predicted octanol–water partition coefficient (Wildman–Crippen LogP) is 2.72. The molecule has 0 aliphatic carbocycles. The number of anilines is 2. The first-order valence-corrected chi connectivity index (χ1v) is 7.95. The van der Waals surface area contributed by atoms with E-state index in [1.54, 1.807) is 6.07 Å². The van der Waals surface area contributed by atoms with Gasteiger partial charge in [0, 0.05) is 37.6 Å². The van der Waals surface area contributed by atoms with Crippen molar-refractivity contribution in [3.05, 3.63) is 42.2 Å². The van der Waals surface area contributed by atoms with Crippen molar-refractivity contribution in [2.45, 2.75) is 18.9 Å². The lowest BCUT2D eigenvalue weighted by Crippen LogP contribution is -2.41. The average Bonchev–Trinajstić information content (AvgIpc) is 2.63. The molecule has 2 aromatic rings. The summed E-state index contributed by atoms with van der Waals surface area (Å²) >= 11 is 0. The Morgan fingerprint density at radius 2 is 2.08 bits per heavy atom. The van der Waals surface area contributed by atoms with Crippen LogP contribution < -0.4 is 10.1 Å². The molecule has 2 N–H and O–H groups in total. The maximum atomic E-state index is 10.9. The summed E-state index contributed by atoms with van der Waals surface area (Å²) in [6.07, 6.45) is 7.24. The number of nitrogens with zero attached hydrogens (tertiary/aromatic N) is 3. The molecule has 7 heteroatoms. The van der Waals surface area contributed by atoms with Gasteiger partial charge >= 0.3 is 6.09 Å². The lowest BCUT2D eigenvalue weighted by molar-refractivity contribution is 0.0870. The highest BCUT2D eigenvalue weighted by molar-refractivity contribution is 5.65. The molecular weight excluding hydrogens is 320 g/mol. The number of carboxylic acid groups (broad SMARTS) is 1. The molecule has 1 aromatic heterocycles. The summed E-state index contributed by atoms with van der Waals surface area (Å²) < 4.78 is 5.87. The number of likely N-dealkylation sites (tertiary alicyclic amines) is 1. The zero-order valence-electron chi connectivity index (χ0n) is 13.6. The summed E-state index contributed by atoms with van der Waals surface area (Å²) in [4.78, 5) is 20.6. The first kappa shape index (κ1) is 16.6. The van der Waals surface area contributed by atoms with Gasteiger partial charge in [0.2, 0.25) is 5.88 Å². The molecule has 1 aromatic carbocycles. The van der Waals surface area contributed by atoms with Crippen LogP contribution in [0, 0.1) is 12.3 Å². The molecule has 7 nitrogen and oxygen atoms in total. The topological polar surface area (TPSA) is 87.6 Å². The summed E-state index contributed by atoms with van der Waals surface area (Å²) in [6.45, 7) is 0.928. The molecule has 3 rings (SSSR count). The average molecular weight is 338 g/mol. The van der Waals surface area contributed by atoms with Gasteiger partial charge in [-0.25, -0.2) is 14.8 Å². The van der Waals surface area contributed by atoms with Gasteiger partial charge in [-0.15, -0.1) is 6.42 Å². The number of hydrogen-bond donors (Lipinski definition) is 2. The highest BCUT2D eigenvalue weighted by Crippen LogP contribution is 2.22. The van der Waals surface area contributed by atoms with Crippen molar-refractivity contribution in [3.8, 4) is 18.2 Å². The first-order chi connectivity index (χ1) is 12.2. The number of carbonyl (C=O) groups is 1. The number of rotatable bonds is 4. The van der Waals surface area contributed by atoms with Gasteiger partial charge in [0.1, 0.15) is 18.2 Å². The molecule has 0 bridgehead atoms. The molecule has 1 fully saturated rings. The van der Waals surface area contributed by atoms with Crippen molar-refractivity contribution in [2.24, 2.45) is 0 Å². The molecule has 128 valence electrons. The van der Waals surface area contributed by atoms with Crippen molar-refractivity contribution >= 4 is 17.6 Å². The maximum Gasteiger partial charge on any atom is 0.407 e. The van der Waals surface area contributed by atoms with Crippen molar-refractivity contribution in [1.82, 2.24) is 14.9 Å². The summed E-state index contributed by atoms with van der Waals surface area (Å²) in [5, 5.41) is 12.1. The molecule has 1 saturated heterocycles. The van der Waals surface area contributed by atoms with E-state index in [2.05, 4.69) is 21.2 Å². The van der Waals surface area contributed by atoms with Crippen LogP contribution >= 0.6 is 0 Å². The van der Waals surface area contributed by atoms with Crippen LogP contribution in [0.25, 0.3) is 0 Å². The van der Waals surface area contributed by atoms with E-state index in [1.165, 1.54) is 11.2 Å². The fourth-order valence-electron chi connectivity index (χ4n) is 2.66. The molecule has 2 heterocycles. The Morgan fingerprint density at radius 1 is 1.32 bits per heavy atom. The number of nitrogens with one attached hydrogen (secondary N) is 1. The van der Waals surface area contributed by atoms with E-state index in [0.29, 0.717) is 37.6 Å². The molecule has 0 spiro atoms. The number of hydrogen-bond acceptors (Lipinski definition) is 5. The lowest BCUT2D eigenvalue weighted by atomic mass is 10.1. The number of para-hydroxylation sites is 1. The fourth-order valence-corrected chi connectivity index (χ4v) is 2.66. The van der Waals surface area contributed by atoms with Crippen LogP contribution in [-0.4, -0.2) is 45.3 Å². The Hall–Kier alpha value is -3.27. The third-order valence-electron chi connectivity index (χ3n) is 3.99. The summed E-state index contributed by atoms with van der Waals surface area (Å²) in [5.41, 5.74) is 1.52. The van der Waals surface area contributed by atoms with E-state index in [-0.39, 0.29) is 6.10 Å². The Morgan fingerprint density at radius 3 is 2.80 bits per heavy atom. The van der Waals surface area contributed by atoms with Gasteiger partial charge in [0.25, 0.3) is 0 Å². The zero-order chi connectivity index (χ0) is 17.6. The molecular formula is C18H18N4O3. The number of amides is 1. The van der Waals surface area contributed by atoms with Crippen LogP contribution in [0.4, 0.5) is 16.3 Å². The fraction of sp³-hybridized carbons (Fsp3) is 0.278. The Bertz CT molecular complexity index is 795. The third kappa shape index (κ3) is 4.18. The van der Waals surface area contributed by atoms with Gasteiger partial charge in [-0.2, -0.15) is 0 Å². The number of benzene rings is 1. The second-order valence-corrected chi connectivity index (χ2v) is 5.64. The Labute approximate surface area is 145 Å². The van der Waals surface area contributed by atoms with Crippen molar-refractivity contribution < 1.29 is 14.6 Å². The predicted molar refractivity (Wildman–Crippen MR) is 92.9 cm³/mol. The number of piperidine rings is 1. The summed E-state index contributed by atoms with van der Waals surface area (Å²) in [7, 11) is 0. The highest BCUT2D eigenvalue weighted by Gasteiger charge is 2.23. The first-order valence-electron chi connectivity index (χ1n) is 7.95. The monoisotopic (exact) mass is 338 g/mol. The minimum atomic E-state index is -0.890. The maximum absolute atomic E-state index is 10.9. The molecule has 0 atom stereocenters. The SMILES string of the molecule is C#Cc1ccccc1Nc1cc(OC2CCN(C(=O)O)CC2)ncn1. The largest absolute Gasteiger partial charge is 0.474 e. The number of aromatic nitrogens is 2. The minimum Gasteiger partial charge on any atom is -0.474 e. The molecule has 1 aliphatic heterocycles. The van der Waals surface area contributed by atoms with Crippen LogP contribution in [0.3, 0.4) is 0 Å². The third-order valence-corrected chi connectivity index (χ3v) is 3.99. The van der Waals surface area contributed by atoms with Crippen LogP contribution in [0.15, 0.2) is 36.7 Å². The minimum absolute atomic E-state index is 0.0589.